The lowest BCUT2D eigenvalue weighted by Crippen LogP contribution is -2.48. The third-order valence-electron chi connectivity index (χ3n) is 4.18. The summed E-state index contributed by atoms with van der Waals surface area (Å²) in [6.07, 6.45) is 0.989. The fourth-order valence-corrected chi connectivity index (χ4v) is 3.42. The van der Waals surface area contributed by atoms with E-state index in [1.807, 2.05) is 9.58 Å². The van der Waals surface area contributed by atoms with Crippen LogP contribution in [0.3, 0.4) is 0 Å². The topological polar surface area (TPSA) is 67.2 Å². The van der Waals surface area contributed by atoms with Gasteiger partial charge in [0.05, 0.1) is 6.54 Å². The highest BCUT2D eigenvalue weighted by Crippen LogP contribution is 2.21. The minimum Gasteiger partial charge on any atom is -0.336 e. The van der Waals surface area contributed by atoms with Crippen LogP contribution in [0.5, 0.6) is 0 Å². The second-order valence-corrected chi connectivity index (χ2v) is 6.92. The summed E-state index contributed by atoms with van der Waals surface area (Å²) in [7, 11) is 0. The van der Waals surface area contributed by atoms with E-state index in [0.29, 0.717) is 35.2 Å². The van der Waals surface area contributed by atoms with Crippen molar-refractivity contribution in [2.75, 3.05) is 26.2 Å². The number of nitrogens with zero attached hydrogens (tertiary/aromatic N) is 6. The SMILES string of the molecule is CCCn1nnnc1CN1CCN(C(=O)c2cc(Cl)cc(Cl)c2)CC1. The van der Waals surface area contributed by atoms with Gasteiger partial charge in [-0.1, -0.05) is 30.1 Å². The largest absolute Gasteiger partial charge is 0.336 e. The van der Waals surface area contributed by atoms with Gasteiger partial charge in [0.1, 0.15) is 0 Å². The van der Waals surface area contributed by atoms with Gasteiger partial charge in [-0.25, -0.2) is 4.68 Å². The van der Waals surface area contributed by atoms with Crippen molar-refractivity contribution in [2.24, 2.45) is 0 Å². The van der Waals surface area contributed by atoms with Crippen molar-refractivity contribution in [3.63, 3.8) is 0 Å². The minimum atomic E-state index is -0.0418. The van der Waals surface area contributed by atoms with E-state index in [-0.39, 0.29) is 5.91 Å². The van der Waals surface area contributed by atoms with E-state index in [2.05, 4.69) is 27.3 Å². The maximum absolute atomic E-state index is 12.6. The number of carbonyl (C=O) groups excluding carboxylic acids is 1. The number of amides is 1. The van der Waals surface area contributed by atoms with Gasteiger partial charge in [0.15, 0.2) is 5.82 Å². The van der Waals surface area contributed by atoms with E-state index in [0.717, 1.165) is 31.9 Å². The molecule has 134 valence electrons. The Morgan fingerprint density at radius 2 is 1.80 bits per heavy atom. The Balaban J connectivity index is 1.58. The molecule has 9 heteroatoms. The van der Waals surface area contributed by atoms with Gasteiger partial charge in [-0.15, -0.1) is 5.10 Å². The van der Waals surface area contributed by atoms with Crippen LogP contribution in [0.15, 0.2) is 18.2 Å². The number of tetrazole rings is 1. The lowest BCUT2D eigenvalue weighted by Gasteiger charge is -2.34. The quantitative estimate of drug-likeness (QED) is 0.793. The smallest absolute Gasteiger partial charge is 0.254 e. The summed E-state index contributed by atoms with van der Waals surface area (Å²) in [4.78, 5) is 16.7. The first-order valence-corrected chi connectivity index (χ1v) is 9.05. The molecule has 1 aromatic carbocycles. The number of carbonyl (C=O) groups is 1. The highest BCUT2D eigenvalue weighted by molar-refractivity contribution is 6.35. The molecule has 1 aliphatic heterocycles. The molecular weight excluding hydrogens is 363 g/mol. The molecule has 1 saturated heterocycles. The van der Waals surface area contributed by atoms with Crippen LogP contribution in [0.4, 0.5) is 0 Å². The molecule has 3 rings (SSSR count). The van der Waals surface area contributed by atoms with E-state index >= 15 is 0 Å². The Bertz CT molecular complexity index is 722. The predicted molar refractivity (Wildman–Crippen MR) is 95.8 cm³/mol. The van der Waals surface area contributed by atoms with Crippen molar-refractivity contribution in [1.29, 1.82) is 0 Å². The van der Waals surface area contributed by atoms with Crippen molar-refractivity contribution < 1.29 is 4.79 Å². The number of piperazine rings is 1. The van der Waals surface area contributed by atoms with Crippen molar-refractivity contribution in [3.8, 4) is 0 Å². The third-order valence-corrected chi connectivity index (χ3v) is 4.61. The summed E-state index contributed by atoms with van der Waals surface area (Å²) in [6, 6.07) is 4.93. The molecule has 0 N–H and O–H groups in total. The summed E-state index contributed by atoms with van der Waals surface area (Å²) in [5.41, 5.74) is 0.526. The van der Waals surface area contributed by atoms with E-state index in [9.17, 15) is 4.79 Å². The van der Waals surface area contributed by atoms with Crippen molar-refractivity contribution in [1.82, 2.24) is 30.0 Å². The number of aryl methyl sites for hydroxylation is 1. The van der Waals surface area contributed by atoms with E-state index < -0.39 is 0 Å². The number of aromatic nitrogens is 4. The summed E-state index contributed by atoms with van der Waals surface area (Å²) >= 11 is 12.0. The fraction of sp³-hybridized carbons (Fsp3) is 0.500. The van der Waals surface area contributed by atoms with Crippen LogP contribution >= 0.6 is 23.2 Å². The van der Waals surface area contributed by atoms with E-state index in [1.165, 1.54) is 0 Å². The number of rotatable bonds is 5. The monoisotopic (exact) mass is 382 g/mol. The van der Waals surface area contributed by atoms with Crippen molar-refractivity contribution in [2.45, 2.75) is 26.4 Å². The molecule has 1 amide bonds. The van der Waals surface area contributed by atoms with Gasteiger partial charge < -0.3 is 4.90 Å². The lowest BCUT2D eigenvalue weighted by atomic mass is 10.2. The number of benzene rings is 1. The van der Waals surface area contributed by atoms with Crippen LogP contribution in [-0.4, -0.2) is 62.1 Å². The average Bonchev–Trinajstić information content (AvgIpc) is 3.01. The molecule has 25 heavy (non-hydrogen) atoms. The van der Waals surface area contributed by atoms with Crippen LogP contribution in [-0.2, 0) is 13.1 Å². The molecule has 7 nitrogen and oxygen atoms in total. The summed E-state index contributed by atoms with van der Waals surface area (Å²) in [5.74, 6) is 0.822. The zero-order chi connectivity index (χ0) is 17.8. The molecule has 0 saturated carbocycles. The summed E-state index contributed by atoms with van der Waals surface area (Å²) < 4.78 is 1.84. The van der Waals surface area contributed by atoms with Gasteiger partial charge in [0, 0.05) is 48.3 Å². The van der Waals surface area contributed by atoms with Crippen LogP contribution in [0.1, 0.15) is 29.5 Å². The molecule has 1 aromatic heterocycles. The van der Waals surface area contributed by atoms with Gasteiger partial charge in [-0.05, 0) is 35.0 Å². The minimum absolute atomic E-state index is 0.0418. The van der Waals surface area contributed by atoms with Crippen LogP contribution < -0.4 is 0 Å². The van der Waals surface area contributed by atoms with Crippen LogP contribution in [0.25, 0.3) is 0 Å². The Morgan fingerprint density at radius 3 is 2.44 bits per heavy atom. The molecule has 2 heterocycles. The van der Waals surface area contributed by atoms with Gasteiger partial charge in [-0.3, -0.25) is 9.69 Å². The maximum Gasteiger partial charge on any atom is 0.254 e. The predicted octanol–water partition coefficient (Wildman–Crippen LogP) is 2.35. The number of hydrogen-bond acceptors (Lipinski definition) is 5. The Labute approximate surface area is 156 Å². The van der Waals surface area contributed by atoms with E-state index in [1.54, 1.807) is 18.2 Å². The highest BCUT2D eigenvalue weighted by Gasteiger charge is 2.23. The maximum atomic E-state index is 12.6. The van der Waals surface area contributed by atoms with Gasteiger partial charge in [0.25, 0.3) is 5.91 Å². The average molecular weight is 383 g/mol. The molecule has 0 unspecified atom stereocenters. The molecule has 0 atom stereocenters. The van der Waals surface area contributed by atoms with Crippen LogP contribution in [0, 0.1) is 0 Å². The second-order valence-electron chi connectivity index (χ2n) is 6.04. The molecule has 0 radical (unpaired) electrons. The molecular formula is C16H20Cl2N6O. The van der Waals surface area contributed by atoms with Gasteiger partial charge >= 0.3 is 0 Å². The number of halogens is 2. The molecule has 1 fully saturated rings. The lowest BCUT2D eigenvalue weighted by molar-refractivity contribution is 0.0623. The summed E-state index contributed by atoms with van der Waals surface area (Å²) in [6.45, 7) is 6.46. The molecule has 0 spiro atoms. The first kappa shape index (κ1) is 18.1. The van der Waals surface area contributed by atoms with Gasteiger partial charge in [-0.2, -0.15) is 0 Å². The zero-order valence-electron chi connectivity index (χ0n) is 14.0. The Morgan fingerprint density at radius 1 is 1.12 bits per heavy atom. The molecule has 0 bridgehead atoms. The van der Waals surface area contributed by atoms with Crippen LogP contribution in [0.2, 0.25) is 10.0 Å². The zero-order valence-corrected chi connectivity index (χ0v) is 15.5. The molecule has 2 aromatic rings. The fourth-order valence-electron chi connectivity index (χ4n) is 2.89. The summed E-state index contributed by atoms with van der Waals surface area (Å²) in [5, 5.41) is 12.8. The molecule has 1 aliphatic rings. The Hall–Kier alpha value is -1.70. The normalized spacial score (nSPS) is 15.6. The van der Waals surface area contributed by atoms with E-state index in [4.69, 9.17) is 23.2 Å². The van der Waals surface area contributed by atoms with Crippen molar-refractivity contribution in [3.05, 3.63) is 39.6 Å². The van der Waals surface area contributed by atoms with Crippen molar-refractivity contribution >= 4 is 29.1 Å². The number of hydrogen-bond donors (Lipinski definition) is 0. The molecule has 0 aliphatic carbocycles. The van der Waals surface area contributed by atoms with Gasteiger partial charge in [0.2, 0.25) is 0 Å². The highest BCUT2D eigenvalue weighted by atomic mass is 35.5. The second kappa shape index (κ2) is 8.12. The first-order chi connectivity index (χ1) is 12.1. The first-order valence-electron chi connectivity index (χ1n) is 8.29. The standard InChI is InChI=1S/C16H20Cl2N6O/c1-2-3-24-15(19-20-21-24)11-22-4-6-23(7-5-22)16(25)12-8-13(17)10-14(18)9-12/h8-10H,2-7,11H2,1H3. The third kappa shape index (κ3) is 4.48. The Kier molecular flexibility index (Phi) is 5.88.